The molecule has 2 heterocycles. The van der Waals surface area contributed by atoms with Crippen LogP contribution in [-0.2, 0) is 19.0 Å². The Kier molecular flexibility index (Phi) is 5.53. The molecule has 5 heteroatoms. The SMILES string of the molecule is CC(=O)O[C@H]1CC[C@@]2(C)[C@@H](CC[C@@H]3[C@@H]2C[C@@H](O)[C@]2(C)[C@@H]4[C@H](C[C@@H]32)O[C@]2(CC[C@H](C)CO2)[C@H]4C)C1. The number of hydrogen-bond donors (Lipinski definition) is 1. The number of aliphatic hydroxyl groups is 1. The minimum Gasteiger partial charge on any atom is -0.463 e. The molecule has 0 bridgehead atoms. The summed E-state index contributed by atoms with van der Waals surface area (Å²) in [4.78, 5) is 11.6. The summed E-state index contributed by atoms with van der Waals surface area (Å²) in [6.45, 7) is 11.8. The molecule has 1 N–H and O–H groups in total. The van der Waals surface area contributed by atoms with Crippen LogP contribution >= 0.6 is 0 Å². The average molecular weight is 475 g/mol. The standard InChI is InChI=1S/C29H46O5/c1-16-8-11-29(32-15-16)17(2)26-24(34-29)13-23-21-7-6-19-12-20(33-18(3)30)9-10-27(19,4)22(21)14-25(31)28(23,26)5/h16-17,19-26,31H,6-15H2,1-5H3/t16-,17-,19-,20-,21+,22-,23-,24-,25+,26-,27-,28+,29+/m0/s1. The number of aliphatic hydroxyl groups excluding tert-OH is 1. The first-order chi connectivity index (χ1) is 16.1. The van der Waals surface area contributed by atoms with E-state index in [4.69, 9.17) is 14.2 Å². The van der Waals surface area contributed by atoms with Gasteiger partial charge in [0.05, 0.1) is 18.8 Å². The van der Waals surface area contributed by atoms with Gasteiger partial charge in [-0.25, -0.2) is 0 Å². The van der Waals surface area contributed by atoms with Crippen molar-refractivity contribution in [1.82, 2.24) is 0 Å². The van der Waals surface area contributed by atoms with Gasteiger partial charge in [0.1, 0.15) is 6.10 Å². The van der Waals surface area contributed by atoms with Crippen LogP contribution < -0.4 is 0 Å². The number of fused-ring (bicyclic) bond motifs is 7. The van der Waals surface area contributed by atoms with E-state index in [-0.39, 0.29) is 35.1 Å². The lowest BCUT2D eigenvalue weighted by Crippen LogP contribution is -2.59. The number of rotatable bonds is 1. The molecule has 4 aliphatic carbocycles. The van der Waals surface area contributed by atoms with Gasteiger partial charge in [0.2, 0.25) is 0 Å². The highest BCUT2D eigenvalue weighted by atomic mass is 16.7. The van der Waals surface area contributed by atoms with Crippen molar-refractivity contribution in [3.63, 3.8) is 0 Å². The highest BCUT2D eigenvalue weighted by Crippen LogP contribution is 2.71. The van der Waals surface area contributed by atoms with Crippen LogP contribution in [0.25, 0.3) is 0 Å². The van der Waals surface area contributed by atoms with E-state index in [9.17, 15) is 9.90 Å². The summed E-state index contributed by atoms with van der Waals surface area (Å²) in [6, 6.07) is 0. The van der Waals surface area contributed by atoms with Crippen LogP contribution in [0, 0.1) is 52.3 Å². The first-order valence-corrected chi connectivity index (χ1v) is 14.3. The van der Waals surface area contributed by atoms with E-state index in [1.807, 2.05) is 0 Å². The molecule has 2 aliphatic heterocycles. The molecule has 6 aliphatic rings. The summed E-state index contributed by atoms with van der Waals surface area (Å²) < 4.78 is 18.9. The molecule has 6 fully saturated rings. The van der Waals surface area contributed by atoms with E-state index in [1.165, 1.54) is 26.2 Å². The lowest BCUT2D eigenvalue weighted by Gasteiger charge is -2.62. The summed E-state index contributed by atoms with van der Waals surface area (Å²) in [5, 5.41) is 11.9. The second kappa shape index (κ2) is 7.92. The van der Waals surface area contributed by atoms with Gasteiger partial charge in [-0.2, -0.15) is 0 Å². The van der Waals surface area contributed by atoms with Crippen LogP contribution in [-0.4, -0.2) is 41.8 Å². The zero-order valence-electron chi connectivity index (χ0n) is 21.9. The molecule has 2 saturated heterocycles. The average Bonchev–Trinajstić information content (AvgIpc) is 3.23. The monoisotopic (exact) mass is 474 g/mol. The molecule has 0 radical (unpaired) electrons. The van der Waals surface area contributed by atoms with Crippen LogP contribution in [0.3, 0.4) is 0 Å². The molecule has 13 atom stereocenters. The first kappa shape index (κ1) is 23.7. The summed E-state index contributed by atoms with van der Waals surface area (Å²) >= 11 is 0. The van der Waals surface area contributed by atoms with Gasteiger partial charge < -0.3 is 19.3 Å². The van der Waals surface area contributed by atoms with Crippen molar-refractivity contribution in [2.45, 2.75) is 117 Å². The summed E-state index contributed by atoms with van der Waals surface area (Å²) in [6.07, 6.45) is 9.76. The lowest BCUT2D eigenvalue weighted by atomic mass is 9.43. The number of carbonyl (C=O) groups excluding carboxylic acids is 1. The molecule has 0 aromatic rings. The Morgan fingerprint density at radius 3 is 2.50 bits per heavy atom. The van der Waals surface area contributed by atoms with Crippen LogP contribution in [0.1, 0.15) is 92.4 Å². The maximum Gasteiger partial charge on any atom is 0.302 e. The van der Waals surface area contributed by atoms with Gasteiger partial charge in [0, 0.05) is 30.6 Å². The quantitative estimate of drug-likeness (QED) is 0.520. The zero-order chi connectivity index (χ0) is 24.0. The molecule has 0 aromatic heterocycles. The Balaban J connectivity index is 1.24. The molecule has 0 amide bonds. The van der Waals surface area contributed by atoms with Crippen LogP contribution in [0.4, 0.5) is 0 Å². The molecule has 1 spiro atoms. The second-order valence-electron chi connectivity index (χ2n) is 13.8. The fourth-order valence-corrected chi connectivity index (χ4v) is 10.5. The van der Waals surface area contributed by atoms with E-state index >= 15 is 0 Å². The Morgan fingerprint density at radius 1 is 1.00 bits per heavy atom. The highest BCUT2D eigenvalue weighted by Gasteiger charge is 2.71. The van der Waals surface area contributed by atoms with Gasteiger partial charge in [0.25, 0.3) is 0 Å². The van der Waals surface area contributed by atoms with Crippen LogP contribution in [0.15, 0.2) is 0 Å². The molecule has 0 aromatic carbocycles. The van der Waals surface area contributed by atoms with Crippen molar-refractivity contribution in [1.29, 1.82) is 0 Å². The smallest absolute Gasteiger partial charge is 0.302 e. The van der Waals surface area contributed by atoms with Gasteiger partial charge in [-0.3, -0.25) is 4.79 Å². The molecule has 34 heavy (non-hydrogen) atoms. The summed E-state index contributed by atoms with van der Waals surface area (Å²) in [5.74, 6) is 3.11. The maximum atomic E-state index is 11.9. The number of ether oxygens (including phenoxy) is 3. The zero-order valence-corrected chi connectivity index (χ0v) is 21.9. The van der Waals surface area contributed by atoms with E-state index in [2.05, 4.69) is 27.7 Å². The van der Waals surface area contributed by atoms with Crippen molar-refractivity contribution in [3.8, 4) is 0 Å². The van der Waals surface area contributed by atoms with E-state index in [0.717, 1.165) is 45.1 Å². The van der Waals surface area contributed by atoms with Gasteiger partial charge in [-0.1, -0.05) is 27.7 Å². The largest absolute Gasteiger partial charge is 0.463 e. The summed E-state index contributed by atoms with van der Waals surface area (Å²) in [7, 11) is 0. The van der Waals surface area contributed by atoms with Gasteiger partial charge >= 0.3 is 5.97 Å². The third-order valence-corrected chi connectivity index (χ3v) is 12.3. The van der Waals surface area contributed by atoms with Gasteiger partial charge in [0.15, 0.2) is 5.79 Å². The fourth-order valence-electron chi connectivity index (χ4n) is 10.5. The minimum absolute atomic E-state index is 0.0837. The molecule has 192 valence electrons. The Morgan fingerprint density at radius 2 is 1.79 bits per heavy atom. The highest BCUT2D eigenvalue weighted by molar-refractivity contribution is 5.66. The van der Waals surface area contributed by atoms with Crippen molar-refractivity contribution >= 4 is 5.97 Å². The molecule has 5 nitrogen and oxygen atoms in total. The predicted octanol–water partition coefficient (Wildman–Crippen LogP) is 5.34. The molecule has 0 unspecified atom stereocenters. The lowest BCUT2D eigenvalue weighted by molar-refractivity contribution is -0.274. The van der Waals surface area contributed by atoms with E-state index in [0.29, 0.717) is 41.4 Å². The minimum atomic E-state index is -0.425. The topological polar surface area (TPSA) is 65.0 Å². The van der Waals surface area contributed by atoms with Crippen molar-refractivity contribution < 1.29 is 24.1 Å². The molecule has 6 rings (SSSR count). The molecular formula is C29H46O5. The fraction of sp³-hybridized carbons (Fsp3) is 0.966. The Bertz CT molecular complexity index is 819. The van der Waals surface area contributed by atoms with E-state index in [1.54, 1.807) is 0 Å². The van der Waals surface area contributed by atoms with Gasteiger partial charge in [-0.05, 0) is 86.4 Å². The maximum absolute atomic E-state index is 11.9. The van der Waals surface area contributed by atoms with Gasteiger partial charge in [-0.15, -0.1) is 0 Å². The molecule has 4 saturated carbocycles. The molecular weight excluding hydrogens is 428 g/mol. The number of carbonyl (C=O) groups is 1. The Hall–Kier alpha value is -0.650. The van der Waals surface area contributed by atoms with Crippen molar-refractivity contribution in [3.05, 3.63) is 0 Å². The Labute approximate surface area is 205 Å². The second-order valence-corrected chi connectivity index (χ2v) is 13.8. The number of esters is 1. The third kappa shape index (κ3) is 3.18. The first-order valence-electron chi connectivity index (χ1n) is 14.3. The van der Waals surface area contributed by atoms with Crippen LogP contribution in [0.5, 0.6) is 0 Å². The van der Waals surface area contributed by atoms with Crippen LogP contribution in [0.2, 0.25) is 0 Å². The van der Waals surface area contributed by atoms with Crippen molar-refractivity contribution in [2.24, 2.45) is 52.3 Å². The summed E-state index contributed by atoms with van der Waals surface area (Å²) in [5.41, 5.74) is 0.162. The normalized spacial score (nSPS) is 58.5. The van der Waals surface area contributed by atoms with Crippen molar-refractivity contribution in [2.75, 3.05) is 6.61 Å². The number of hydrogen-bond acceptors (Lipinski definition) is 5. The van der Waals surface area contributed by atoms with E-state index < -0.39 is 5.79 Å². The third-order valence-electron chi connectivity index (χ3n) is 12.3. The predicted molar refractivity (Wildman–Crippen MR) is 129 cm³/mol.